The summed E-state index contributed by atoms with van der Waals surface area (Å²) in [6.45, 7) is 2.06. The van der Waals surface area contributed by atoms with Crippen LogP contribution in [-0.2, 0) is 11.2 Å². The van der Waals surface area contributed by atoms with Gasteiger partial charge in [-0.05, 0) is 50.0 Å². The van der Waals surface area contributed by atoms with Crippen molar-refractivity contribution in [2.45, 2.75) is 31.7 Å². The van der Waals surface area contributed by atoms with E-state index in [9.17, 15) is 4.79 Å². The first-order valence-corrected chi connectivity index (χ1v) is 6.63. The summed E-state index contributed by atoms with van der Waals surface area (Å²) in [5.41, 5.74) is 10.0. The van der Waals surface area contributed by atoms with Gasteiger partial charge in [0.05, 0.1) is 11.7 Å². The molecule has 1 unspecified atom stereocenters. The molecule has 3 rings (SSSR count). The lowest BCUT2D eigenvalue weighted by atomic mass is 9.96. The van der Waals surface area contributed by atoms with Gasteiger partial charge in [0.15, 0.2) is 0 Å². The SMILES string of the molecule is [NH]c1ccc2c(c1)NC(=O)C(N1CCCCC1)C2. The van der Waals surface area contributed by atoms with Crippen LogP contribution in [0.1, 0.15) is 24.8 Å². The van der Waals surface area contributed by atoms with Gasteiger partial charge in [0.2, 0.25) is 5.91 Å². The highest BCUT2D eigenvalue weighted by Crippen LogP contribution is 2.28. The van der Waals surface area contributed by atoms with Crippen molar-refractivity contribution >= 4 is 17.3 Å². The number of rotatable bonds is 1. The van der Waals surface area contributed by atoms with Gasteiger partial charge >= 0.3 is 0 Å². The molecule has 2 heterocycles. The van der Waals surface area contributed by atoms with Crippen LogP contribution in [0.2, 0.25) is 0 Å². The maximum Gasteiger partial charge on any atom is 0.242 e. The highest BCUT2D eigenvalue weighted by atomic mass is 16.2. The monoisotopic (exact) mass is 244 g/mol. The molecule has 4 nitrogen and oxygen atoms in total. The van der Waals surface area contributed by atoms with E-state index in [2.05, 4.69) is 10.2 Å². The third-order valence-corrected chi connectivity index (χ3v) is 3.92. The van der Waals surface area contributed by atoms with Crippen molar-refractivity contribution in [3.05, 3.63) is 23.8 Å². The number of anilines is 1. The molecule has 1 fully saturated rings. The Morgan fingerprint density at radius 3 is 2.78 bits per heavy atom. The molecule has 18 heavy (non-hydrogen) atoms. The predicted molar refractivity (Wildman–Crippen MR) is 70.7 cm³/mol. The summed E-state index contributed by atoms with van der Waals surface area (Å²) in [5.74, 6) is 0.0926. The number of likely N-dealkylation sites (tertiary alicyclic amines) is 1. The van der Waals surface area contributed by atoms with Gasteiger partial charge in [0, 0.05) is 5.69 Å². The van der Waals surface area contributed by atoms with Crippen molar-refractivity contribution in [3.8, 4) is 0 Å². The molecule has 4 heteroatoms. The van der Waals surface area contributed by atoms with Crippen LogP contribution in [0.3, 0.4) is 0 Å². The number of carbonyl (C=O) groups excluding carboxylic acids is 1. The van der Waals surface area contributed by atoms with Crippen LogP contribution in [0, 0.1) is 0 Å². The normalized spacial score (nSPS) is 24.4. The van der Waals surface area contributed by atoms with Crippen LogP contribution in [0.25, 0.3) is 0 Å². The van der Waals surface area contributed by atoms with Gasteiger partial charge in [-0.1, -0.05) is 12.5 Å². The average molecular weight is 244 g/mol. The van der Waals surface area contributed by atoms with Gasteiger partial charge < -0.3 is 11.1 Å². The molecule has 0 spiro atoms. The number of benzene rings is 1. The Morgan fingerprint density at radius 1 is 1.22 bits per heavy atom. The van der Waals surface area contributed by atoms with Gasteiger partial charge in [0.25, 0.3) is 0 Å². The average Bonchev–Trinajstić information content (AvgIpc) is 2.39. The van der Waals surface area contributed by atoms with E-state index in [0.717, 1.165) is 30.8 Å². The molecule has 1 saturated heterocycles. The number of hydrogen-bond donors (Lipinski definition) is 1. The van der Waals surface area contributed by atoms with Gasteiger partial charge in [-0.2, -0.15) is 0 Å². The van der Waals surface area contributed by atoms with Gasteiger partial charge in [-0.25, -0.2) is 0 Å². The molecule has 95 valence electrons. The van der Waals surface area contributed by atoms with Crippen LogP contribution < -0.4 is 11.1 Å². The number of amides is 1. The number of nitrogens with zero attached hydrogens (tertiary/aromatic N) is 1. The van der Waals surface area contributed by atoms with E-state index in [1.165, 1.54) is 19.3 Å². The molecule has 0 saturated carbocycles. The van der Waals surface area contributed by atoms with Gasteiger partial charge in [-0.3, -0.25) is 9.69 Å². The Morgan fingerprint density at radius 2 is 2.00 bits per heavy atom. The van der Waals surface area contributed by atoms with Gasteiger partial charge in [-0.15, -0.1) is 0 Å². The number of fused-ring (bicyclic) bond motifs is 1. The largest absolute Gasteiger partial charge is 0.324 e. The van der Waals surface area contributed by atoms with E-state index in [4.69, 9.17) is 5.73 Å². The first-order valence-electron chi connectivity index (χ1n) is 6.63. The van der Waals surface area contributed by atoms with Crippen LogP contribution in [-0.4, -0.2) is 29.9 Å². The Kier molecular flexibility index (Phi) is 2.96. The molecule has 1 radical (unpaired) electrons. The summed E-state index contributed by atoms with van der Waals surface area (Å²) < 4.78 is 0. The summed E-state index contributed by atoms with van der Waals surface area (Å²) in [5, 5.41) is 2.95. The summed E-state index contributed by atoms with van der Waals surface area (Å²) >= 11 is 0. The predicted octanol–water partition coefficient (Wildman–Crippen LogP) is 1.95. The lowest BCUT2D eigenvalue weighted by Gasteiger charge is -2.36. The maximum atomic E-state index is 12.2. The minimum atomic E-state index is -0.0191. The third kappa shape index (κ3) is 2.08. The van der Waals surface area contributed by atoms with E-state index in [0.29, 0.717) is 5.69 Å². The molecule has 1 amide bonds. The molecule has 0 aliphatic carbocycles. The van der Waals surface area contributed by atoms with E-state index in [1.807, 2.05) is 6.07 Å². The first kappa shape index (κ1) is 11.5. The molecule has 2 aliphatic heterocycles. The minimum Gasteiger partial charge on any atom is -0.324 e. The zero-order chi connectivity index (χ0) is 12.5. The fourth-order valence-electron chi connectivity index (χ4n) is 2.91. The topological polar surface area (TPSA) is 56.1 Å². The van der Waals surface area contributed by atoms with Crippen molar-refractivity contribution in [2.24, 2.45) is 0 Å². The Balaban J connectivity index is 1.82. The lowest BCUT2D eigenvalue weighted by molar-refractivity contribution is -0.122. The standard InChI is InChI=1S/C14H18N3O/c15-11-5-4-10-8-13(14(18)16-12(10)9-11)17-6-2-1-3-7-17/h4-5,9,13,15H,1-3,6-8H2,(H,16,18). The Labute approximate surface area is 107 Å². The summed E-state index contributed by atoms with van der Waals surface area (Å²) in [4.78, 5) is 14.5. The third-order valence-electron chi connectivity index (χ3n) is 3.92. The summed E-state index contributed by atoms with van der Waals surface area (Å²) in [7, 11) is 0. The summed E-state index contributed by atoms with van der Waals surface area (Å²) in [6, 6.07) is 5.48. The van der Waals surface area contributed by atoms with E-state index < -0.39 is 0 Å². The van der Waals surface area contributed by atoms with Crippen LogP contribution in [0.15, 0.2) is 18.2 Å². The zero-order valence-electron chi connectivity index (χ0n) is 10.4. The first-order chi connectivity index (χ1) is 8.74. The van der Waals surface area contributed by atoms with Crippen molar-refractivity contribution in [1.82, 2.24) is 10.6 Å². The number of hydrogen-bond acceptors (Lipinski definition) is 2. The number of piperidine rings is 1. The van der Waals surface area contributed by atoms with Crippen molar-refractivity contribution in [2.75, 3.05) is 18.4 Å². The fourth-order valence-corrected chi connectivity index (χ4v) is 2.91. The molecular weight excluding hydrogens is 226 g/mol. The summed E-state index contributed by atoms with van der Waals surface area (Å²) in [6.07, 6.45) is 4.45. The highest BCUT2D eigenvalue weighted by Gasteiger charge is 2.31. The van der Waals surface area contributed by atoms with Crippen LogP contribution in [0.4, 0.5) is 11.4 Å². The molecular formula is C14H18N3O. The molecule has 1 aromatic rings. The molecule has 1 atom stereocenters. The Bertz CT molecular complexity index is 466. The fraction of sp³-hybridized carbons (Fsp3) is 0.500. The molecule has 1 aromatic carbocycles. The second-order valence-electron chi connectivity index (χ2n) is 5.18. The highest BCUT2D eigenvalue weighted by molar-refractivity contribution is 5.98. The smallest absolute Gasteiger partial charge is 0.242 e. The quantitative estimate of drug-likeness (QED) is 0.821. The second kappa shape index (κ2) is 4.61. The van der Waals surface area contributed by atoms with Crippen LogP contribution in [0.5, 0.6) is 0 Å². The van der Waals surface area contributed by atoms with Crippen molar-refractivity contribution in [1.29, 1.82) is 0 Å². The Hall–Kier alpha value is -1.55. The van der Waals surface area contributed by atoms with E-state index >= 15 is 0 Å². The minimum absolute atomic E-state index is 0.0191. The molecule has 2 N–H and O–H groups in total. The molecule has 0 bridgehead atoms. The van der Waals surface area contributed by atoms with Crippen molar-refractivity contribution in [3.63, 3.8) is 0 Å². The van der Waals surface area contributed by atoms with E-state index in [-0.39, 0.29) is 11.9 Å². The van der Waals surface area contributed by atoms with Crippen LogP contribution >= 0.6 is 0 Å². The van der Waals surface area contributed by atoms with E-state index in [1.54, 1.807) is 12.1 Å². The van der Waals surface area contributed by atoms with Gasteiger partial charge in [0.1, 0.15) is 0 Å². The number of carbonyl (C=O) groups is 1. The maximum absolute atomic E-state index is 12.2. The molecule has 0 aromatic heterocycles. The number of nitrogens with one attached hydrogen (secondary N) is 2. The molecule has 2 aliphatic rings. The zero-order valence-corrected chi connectivity index (χ0v) is 10.4. The lowest BCUT2D eigenvalue weighted by Crippen LogP contribution is -2.49. The van der Waals surface area contributed by atoms with Crippen molar-refractivity contribution < 1.29 is 4.79 Å². The second-order valence-corrected chi connectivity index (χ2v) is 5.18.